The third-order valence-electron chi connectivity index (χ3n) is 2.64. The van der Waals surface area contributed by atoms with Crippen LogP contribution in [-0.4, -0.2) is 27.7 Å². The molecule has 96 valence electrons. The Morgan fingerprint density at radius 1 is 1.41 bits per heavy atom. The Hall–Kier alpha value is -1.29. The van der Waals surface area contributed by atoms with Gasteiger partial charge in [0.15, 0.2) is 0 Å². The number of carbonyl (C=O) groups excluding carboxylic acids is 1. The second-order valence-electron chi connectivity index (χ2n) is 4.85. The first kappa shape index (κ1) is 13.8. The molecule has 0 radical (unpaired) electrons. The van der Waals surface area contributed by atoms with Gasteiger partial charge in [-0.15, -0.1) is 0 Å². The summed E-state index contributed by atoms with van der Waals surface area (Å²) in [4.78, 5) is 12.0. The van der Waals surface area contributed by atoms with Crippen LogP contribution in [0.2, 0.25) is 0 Å². The zero-order valence-electron chi connectivity index (χ0n) is 11.0. The number of amides is 1. The van der Waals surface area contributed by atoms with Crippen molar-refractivity contribution in [1.82, 2.24) is 9.88 Å². The van der Waals surface area contributed by atoms with Crippen LogP contribution in [-0.2, 0) is 0 Å². The third kappa shape index (κ3) is 3.89. The van der Waals surface area contributed by atoms with Gasteiger partial charge in [0.1, 0.15) is 5.69 Å². The Bertz CT molecular complexity index is 369. The molecule has 4 heteroatoms. The molecule has 0 bridgehead atoms. The molecule has 0 aliphatic rings. The maximum Gasteiger partial charge on any atom is 0.268 e. The van der Waals surface area contributed by atoms with E-state index in [9.17, 15) is 9.90 Å². The first-order valence-corrected chi connectivity index (χ1v) is 6.07. The van der Waals surface area contributed by atoms with Crippen LogP contribution in [0.25, 0.3) is 0 Å². The van der Waals surface area contributed by atoms with Crippen LogP contribution >= 0.6 is 0 Å². The number of hydrogen-bond donors (Lipinski definition) is 2. The molecule has 0 fully saturated rings. The second-order valence-corrected chi connectivity index (χ2v) is 4.85. The molecule has 2 unspecified atom stereocenters. The van der Waals surface area contributed by atoms with Gasteiger partial charge in [0.05, 0.1) is 6.10 Å². The Balaban J connectivity index is 2.67. The molecule has 2 N–H and O–H groups in total. The molecule has 2 atom stereocenters. The van der Waals surface area contributed by atoms with E-state index < -0.39 is 6.10 Å². The summed E-state index contributed by atoms with van der Waals surface area (Å²) in [6, 6.07) is 3.91. The number of hydrogen-bond acceptors (Lipinski definition) is 2. The molecule has 0 aliphatic heterocycles. The lowest BCUT2D eigenvalue weighted by Crippen LogP contribution is -2.35. The van der Waals surface area contributed by atoms with Gasteiger partial charge in [-0.3, -0.25) is 4.79 Å². The highest BCUT2D eigenvalue weighted by molar-refractivity contribution is 5.92. The minimum Gasteiger partial charge on any atom is -0.393 e. The number of rotatable bonds is 5. The van der Waals surface area contributed by atoms with Crippen LogP contribution in [0.4, 0.5) is 0 Å². The van der Waals surface area contributed by atoms with Crippen molar-refractivity contribution in [2.45, 2.75) is 52.3 Å². The van der Waals surface area contributed by atoms with Gasteiger partial charge in [0, 0.05) is 18.3 Å². The van der Waals surface area contributed by atoms with Gasteiger partial charge >= 0.3 is 0 Å². The molecule has 0 aromatic carbocycles. The predicted octanol–water partition coefficient (Wildman–Crippen LogP) is 1.96. The molecular formula is C13H22N2O2. The van der Waals surface area contributed by atoms with Crippen LogP contribution < -0.4 is 5.32 Å². The molecule has 0 spiro atoms. The molecule has 0 saturated heterocycles. The number of aliphatic hydroxyl groups is 1. The summed E-state index contributed by atoms with van der Waals surface area (Å²) in [6.07, 6.45) is 2.06. The quantitative estimate of drug-likeness (QED) is 0.824. The van der Waals surface area contributed by atoms with Crippen molar-refractivity contribution in [2.24, 2.45) is 0 Å². The molecule has 0 aliphatic carbocycles. The molecule has 1 amide bonds. The van der Waals surface area contributed by atoms with Gasteiger partial charge in [-0.2, -0.15) is 0 Å². The Kier molecular flexibility index (Phi) is 4.75. The third-order valence-corrected chi connectivity index (χ3v) is 2.64. The monoisotopic (exact) mass is 238 g/mol. The number of aliphatic hydroxyl groups excluding tert-OH is 1. The highest BCUT2D eigenvalue weighted by Gasteiger charge is 2.15. The molecule has 1 heterocycles. The zero-order chi connectivity index (χ0) is 13.0. The number of carbonyl (C=O) groups is 1. The lowest BCUT2D eigenvalue weighted by Gasteiger charge is -2.17. The summed E-state index contributed by atoms with van der Waals surface area (Å²) < 4.78 is 1.93. The Morgan fingerprint density at radius 3 is 2.59 bits per heavy atom. The van der Waals surface area contributed by atoms with Crippen LogP contribution in [0.5, 0.6) is 0 Å². The summed E-state index contributed by atoms with van der Waals surface area (Å²) in [5.41, 5.74) is 0.664. The maximum atomic E-state index is 12.0. The lowest BCUT2D eigenvalue weighted by molar-refractivity contribution is 0.0912. The lowest BCUT2D eigenvalue weighted by atomic mass is 10.1. The van der Waals surface area contributed by atoms with Crippen molar-refractivity contribution in [2.75, 3.05) is 0 Å². The Labute approximate surface area is 103 Å². The standard InChI is InChI=1S/C13H22N2O2/c1-9(2)15-7-5-6-12(15)13(17)14-10(3)8-11(4)16/h5-7,9-11,16H,8H2,1-4H3,(H,14,17). The first-order chi connectivity index (χ1) is 7.91. The van der Waals surface area contributed by atoms with Gasteiger partial charge < -0.3 is 15.0 Å². The van der Waals surface area contributed by atoms with Gasteiger partial charge in [0.2, 0.25) is 0 Å². The number of nitrogens with zero attached hydrogens (tertiary/aromatic N) is 1. The zero-order valence-corrected chi connectivity index (χ0v) is 11.0. The van der Waals surface area contributed by atoms with E-state index in [1.807, 2.05) is 43.7 Å². The van der Waals surface area contributed by atoms with Crippen molar-refractivity contribution in [3.63, 3.8) is 0 Å². The topological polar surface area (TPSA) is 54.3 Å². The second kappa shape index (κ2) is 5.87. The van der Waals surface area contributed by atoms with Gasteiger partial charge in [0.25, 0.3) is 5.91 Å². The minimum absolute atomic E-state index is 0.0296. The summed E-state index contributed by atoms with van der Waals surface area (Å²) in [7, 11) is 0. The fraction of sp³-hybridized carbons (Fsp3) is 0.615. The van der Waals surface area contributed by atoms with Crippen LogP contribution in [0.1, 0.15) is 50.6 Å². The van der Waals surface area contributed by atoms with E-state index in [-0.39, 0.29) is 18.0 Å². The minimum atomic E-state index is -0.401. The van der Waals surface area contributed by atoms with E-state index >= 15 is 0 Å². The van der Waals surface area contributed by atoms with E-state index in [0.717, 1.165) is 0 Å². The SMILES string of the molecule is CC(O)CC(C)NC(=O)c1cccn1C(C)C. The first-order valence-electron chi connectivity index (χ1n) is 6.07. The van der Waals surface area contributed by atoms with Crippen molar-refractivity contribution < 1.29 is 9.90 Å². The van der Waals surface area contributed by atoms with E-state index in [1.54, 1.807) is 6.92 Å². The molecular weight excluding hydrogens is 216 g/mol. The van der Waals surface area contributed by atoms with Crippen molar-refractivity contribution in [1.29, 1.82) is 0 Å². The van der Waals surface area contributed by atoms with Crippen LogP contribution in [0, 0.1) is 0 Å². The summed E-state index contributed by atoms with van der Waals surface area (Å²) >= 11 is 0. The number of nitrogens with one attached hydrogen (secondary N) is 1. The summed E-state index contributed by atoms with van der Waals surface area (Å²) in [6.45, 7) is 7.69. The normalized spacial score (nSPS) is 14.7. The average molecular weight is 238 g/mol. The van der Waals surface area contributed by atoms with Crippen LogP contribution in [0.3, 0.4) is 0 Å². The predicted molar refractivity (Wildman–Crippen MR) is 68.0 cm³/mol. The number of aromatic nitrogens is 1. The highest BCUT2D eigenvalue weighted by atomic mass is 16.3. The van der Waals surface area contributed by atoms with Crippen molar-refractivity contribution in [3.05, 3.63) is 24.0 Å². The highest BCUT2D eigenvalue weighted by Crippen LogP contribution is 2.11. The maximum absolute atomic E-state index is 12.0. The molecule has 4 nitrogen and oxygen atoms in total. The molecule has 1 aromatic heterocycles. The molecule has 17 heavy (non-hydrogen) atoms. The van der Waals surface area contributed by atoms with Gasteiger partial charge in [-0.05, 0) is 46.2 Å². The smallest absolute Gasteiger partial charge is 0.268 e. The fourth-order valence-corrected chi connectivity index (χ4v) is 1.90. The molecule has 0 saturated carbocycles. The van der Waals surface area contributed by atoms with E-state index in [0.29, 0.717) is 12.1 Å². The van der Waals surface area contributed by atoms with Gasteiger partial charge in [-0.25, -0.2) is 0 Å². The fourth-order valence-electron chi connectivity index (χ4n) is 1.90. The van der Waals surface area contributed by atoms with Crippen molar-refractivity contribution >= 4 is 5.91 Å². The summed E-state index contributed by atoms with van der Waals surface area (Å²) in [5, 5.41) is 12.1. The molecule has 1 aromatic rings. The van der Waals surface area contributed by atoms with E-state index in [2.05, 4.69) is 5.32 Å². The Morgan fingerprint density at radius 2 is 2.06 bits per heavy atom. The summed E-state index contributed by atoms with van der Waals surface area (Å²) in [5.74, 6) is -0.0862. The van der Waals surface area contributed by atoms with Crippen molar-refractivity contribution in [3.8, 4) is 0 Å². The average Bonchev–Trinajstić information content (AvgIpc) is 2.63. The van der Waals surface area contributed by atoms with Gasteiger partial charge in [-0.1, -0.05) is 0 Å². The largest absolute Gasteiger partial charge is 0.393 e. The van der Waals surface area contributed by atoms with Crippen LogP contribution in [0.15, 0.2) is 18.3 Å². The van der Waals surface area contributed by atoms with E-state index in [4.69, 9.17) is 0 Å². The van der Waals surface area contributed by atoms with E-state index in [1.165, 1.54) is 0 Å². The molecule has 1 rings (SSSR count).